The van der Waals surface area contributed by atoms with Crippen molar-refractivity contribution in [2.45, 2.75) is 18.9 Å². The van der Waals surface area contributed by atoms with Crippen LogP contribution >= 0.6 is 0 Å². The van der Waals surface area contributed by atoms with Crippen LogP contribution in [-0.4, -0.2) is 61.8 Å². The number of carbonyl (C=O) groups is 2. The number of aliphatic hydroxyl groups is 1. The number of rotatable bonds is 2. The lowest BCUT2D eigenvalue weighted by Gasteiger charge is -2.38. The molecule has 8 nitrogen and oxygen atoms in total. The third kappa shape index (κ3) is 4.44. The van der Waals surface area contributed by atoms with Crippen LogP contribution in [0, 0.1) is 0 Å². The predicted octanol–water partition coefficient (Wildman–Crippen LogP) is 1.44. The van der Waals surface area contributed by atoms with E-state index in [1.807, 2.05) is 36.4 Å². The molecule has 0 saturated heterocycles. The van der Waals surface area contributed by atoms with Crippen molar-refractivity contribution in [1.82, 2.24) is 10.2 Å². The van der Waals surface area contributed by atoms with Crippen molar-refractivity contribution in [3.63, 3.8) is 0 Å². The molecule has 2 aromatic carbocycles. The van der Waals surface area contributed by atoms with Gasteiger partial charge in [0, 0.05) is 13.1 Å². The maximum atomic E-state index is 12.6. The molecule has 5 rings (SSSR count). The zero-order valence-corrected chi connectivity index (χ0v) is 17.4. The van der Waals surface area contributed by atoms with Crippen molar-refractivity contribution in [3.8, 4) is 17.2 Å². The van der Waals surface area contributed by atoms with Crippen LogP contribution in [0.4, 0.5) is 0 Å². The van der Waals surface area contributed by atoms with Crippen molar-refractivity contribution in [1.29, 1.82) is 0 Å². The molecule has 2 amide bonds. The second-order valence-electron chi connectivity index (χ2n) is 7.51. The number of ether oxygens (including phenoxy) is 3. The van der Waals surface area contributed by atoms with E-state index >= 15 is 0 Å². The van der Waals surface area contributed by atoms with Crippen LogP contribution in [0.2, 0.25) is 0 Å². The predicted molar refractivity (Wildman–Crippen MR) is 112 cm³/mol. The van der Waals surface area contributed by atoms with Crippen LogP contribution in [0.25, 0.3) is 0 Å². The normalized spacial score (nSPS) is 18.6. The summed E-state index contributed by atoms with van der Waals surface area (Å²) in [6.07, 6.45) is 1.25. The van der Waals surface area contributed by atoms with E-state index in [1.165, 1.54) is 7.11 Å². The fraction of sp³-hybridized carbons (Fsp3) is 0.391. The zero-order chi connectivity index (χ0) is 21.8. The van der Waals surface area contributed by atoms with Crippen molar-refractivity contribution in [2.24, 2.45) is 0 Å². The monoisotopic (exact) mass is 426 g/mol. The Bertz CT molecular complexity index is 977. The summed E-state index contributed by atoms with van der Waals surface area (Å²) in [5, 5.41) is 12.4. The molecule has 8 heteroatoms. The van der Waals surface area contributed by atoms with Gasteiger partial charge in [-0.25, -0.2) is 0 Å². The number of amides is 2. The van der Waals surface area contributed by atoms with E-state index in [0.29, 0.717) is 49.8 Å². The van der Waals surface area contributed by atoms with Gasteiger partial charge in [0.15, 0.2) is 18.1 Å². The van der Waals surface area contributed by atoms with Gasteiger partial charge >= 0.3 is 0 Å². The molecular formula is C23H26N2O6. The highest BCUT2D eigenvalue weighted by Crippen LogP contribution is 2.41. The van der Waals surface area contributed by atoms with Gasteiger partial charge in [-0.3, -0.25) is 9.59 Å². The molecule has 164 valence electrons. The Kier molecular flexibility index (Phi) is 6.27. The number of hydrogen-bond donors (Lipinski definition) is 2. The Labute approximate surface area is 180 Å². The van der Waals surface area contributed by atoms with Gasteiger partial charge < -0.3 is 29.5 Å². The smallest absolute Gasteiger partial charge is 0.257 e. The van der Waals surface area contributed by atoms with Crippen molar-refractivity contribution in [2.75, 3.05) is 40.0 Å². The fourth-order valence-corrected chi connectivity index (χ4v) is 4.08. The Morgan fingerprint density at radius 1 is 1.29 bits per heavy atom. The van der Waals surface area contributed by atoms with Crippen molar-refractivity contribution in [3.05, 3.63) is 53.1 Å². The van der Waals surface area contributed by atoms with E-state index in [1.54, 1.807) is 4.90 Å². The number of nitrogens with one attached hydrogen (secondary N) is 1. The number of hydrogen-bond acceptors (Lipinski definition) is 6. The van der Waals surface area contributed by atoms with Gasteiger partial charge in [0.1, 0.15) is 12.4 Å². The first-order chi connectivity index (χ1) is 15.1. The molecule has 6 bridgehead atoms. The van der Waals surface area contributed by atoms with Gasteiger partial charge in [-0.1, -0.05) is 12.1 Å². The second kappa shape index (κ2) is 9.26. The average Bonchev–Trinajstić information content (AvgIpc) is 2.80. The number of benzene rings is 2. The number of fused-ring (bicyclic) bond motifs is 8. The summed E-state index contributed by atoms with van der Waals surface area (Å²) >= 11 is 0. The molecule has 0 radical (unpaired) electrons. The fourth-order valence-electron chi connectivity index (χ4n) is 4.08. The highest BCUT2D eigenvalue weighted by molar-refractivity contribution is 5.79. The Balaban J connectivity index is 1.84. The quantitative estimate of drug-likeness (QED) is 0.754. The third-order valence-electron chi connectivity index (χ3n) is 5.55. The Morgan fingerprint density at radius 3 is 2.97 bits per heavy atom. The minimum Gasteiger partial charge on any atom is -0.494 e. The van der Waals surface area contributed by atoms with E-state index in [-0.39, 0.29) is 18.4 Å². The van der Waals surface area contributed by atoms with E-state index in [4.69, 9.17) is 14.2 Å². The second-order valence-corrected chi connectivity index (χ2v) is 7.51. The van der Waals surface area contributed by atoms with Crippen LogP contribution in [0.15, 0.2) is 36.4 Å². The van der Waals surface area contributed by atoms with Crippen LogP contribution in [0.5, 0.6) is 17.2 Å². The molecule has 0 aliphatic carbocycles. The largest absolute Gasteiger partial charge is 0.494 e. The molecule has 3 aliphatic rings. The van der Waals surface area contributed by atoms with Gasteiger partial charge in [0.05, 0.1) is 19.8 Å². The summed E-state index contributed by atoms with van der Waals surface area (Å²) in [7, 11) is 1.54. The number of nitrogens with zero attached hydrogens (tertiary/aromatic N) is 1. The van der Waals surface area contributed by atoms with Crippen LogP contribution in [0.1, 0.15) is 29.2 Å². The lowest BCUT2D eigenvalue weighted by molar-refractivity contribution is -0.136. The first kappa shape index (κ1) is 21.0. The highest BCUT2D eigenvalue weighted by Gasteiger charge is 2.33. The van der Waals surface area contributed by atoms with Gasteiger partial charge in [0.2, 0.25) is 5.91 Å². The minimum atomic E-state index is -0.560. The van der Waals surface area contributed by atoms with Crippen LogP contribution in [-0.2, 0) is 16.0 Å². The maximum absolute atomic E-state index is 12.6. The van der Waals surface area contributed by atoms with Gasteiger partial charge in [-0.2, -0.15) is 0 Å². The summed E-state index contributed by atoms with van der Waals surface area (Å²) in [5.41, 5.74) is 2.78. The van der Waals surface area contributed by atoms with E-state index < -0.39 is 12.6 Å². The molecule has 0 fully saturated rings. The van der Waals surface area contributed by atoms with Gasteiger partial charge in [-0.15, -0.1) is 0 Å². The average molecular weight is 426 g/mol. The summed E-state index contributed by atoms with van der Waals surface area (Å²) < 4.78 is 17.1. The summed E-state index contributed by atoms with van der Waals surface area (Å²) in [6, 6.07) is 10.9. The summed E-state index contributed by atoms with van der Waals surface area (Å²) in [4.78, 5) is 26.4. The first-order valence-corrected chi connectivity index (χ1v) is 10.3. The summed E-state index contributed by atoms with van der Waals surface area (Å²) in [5.74, 6) is 1.10. The van der Waals surface area contributed by atoms with E-state index in [2.05, 4.69) is 5.32 Å². The SMILES string of the molecule is COc1cc2c3cc1OCC(=O)NCCCOc1cccc(c1)C2N(C(=O)CO)CC3. The van der Waals surface area contributed by atoms with Crippen LogP contribution < -0.4 is 19.5 Å². The molecule has 0 spiro atoms. The minimum absolute atomic E-state index is 0.117. The molecule has 0 saturated carbocycles. The highest BCUT2D eigenvalue weighted by atomic mass is 16.5. The molecule has 31 heavy (non-hydrogen) atoms. The van der Waals surface area contributed by atoms with E-state index in [0.717, 1.165) is 16.7 Å². The lowest BCUT2D eigenvalue weighted by atomic mass is 9.87. The number of aliphatic hydroxyl groups excluding tert-OH is 1. The van der Waals surface area contributed by atoms with E-state index in [9.17, 15) is 14.7 Å². The number of carbonyl (C=O) groups excluding carboxylic acids is 2. The first-order valence-electron chi connectivity index (χ1n) is 10.3. The Morgan fingerprint density at radius 2 is 2.16 bits per heavy atom. The number of methoxy groups -OCH3 is 1. The van der Waals surface area contributed by atoms with Crippen LogP contribution in [0.3, 0.4) is 0 Å². The molecular weight excluding hydrogens is 400 g/mol. The van der Waals surface area contributed by atoms with Gasteiger partial charge in [-0.05, 0) is 53.8 Å². The topological polar surface area (TPSA) is 97.3 Å². The molecule has 2 N–H and O–H groups in total. The Hall–Kier alpha value is -3.26. The molecule has 0 aromatic heterocycles. The third-order valence-corrected chi connectivity index (χ3v) is 5.55. The van der Waals surface area contributed by atoms with Crippen molar-refractivity contribution < 1.29 is 28.9 Å². The summed E-state index contributed by atoms with van der Waals surface area (Å²) in [6.45, 7) is 0.698. The lowest BCUT2D eigenvalue weighted by Crippen LogP contribution is -2.42. The molecule has 1 unspecified atom stereocenters. The zero-order valence-electron chi connectivity index (χ0n) is 17.4. The molecule has 3 aliphatic heterocycles. The maximum Gasteiger partial charge on any atom is 0.257 e. The van der Waals surface area contributed by atoms with Gasteiger partial charge in [0.25, 0.3) is 5.91 Å². The molecule has 1 atom stereocenters. The molecule has 2 aromatic rings. The standard InChI is InChI=1S/C23H26N2O6/c1-29-19-12-18-15-6-8-25(22(28)13-26)23(18)16-4-2-5-17(10-16)30-9-3-7-24-21(27)14-31-20(19)11-15/h2,4-5,10-12,23,26H,3,6-9,13-14H2,1H3,(H,24,27). The van der Waals surface area contributed by atoms with Crippen molar-refractivity contribution >= 4 is 11.8 Å². The molecule has 3 heterocycles.